The van der Waals surface area contributed by atoms with Gasteiger partial charge in [-0.2, -0.15) is 5.26 Å². The van der Waals surface area contributed by atoms with E-state index in [4.69, 9.17) is 11.6 Å². The first-order chi connectivity index (χ1) is 16.4. The molecule has 170 valence electrons. The largest absolute Gasteiger partial charge is 0.321 e. The van der Waals surface area contributed by atoms with Gasteiger partial charge in [0.1, 0.15) is 16.7 Å². The molecule has 1 aliphatic heterocycles. The highest BCUT2D eigenvalue weighted by atomic mass is 35.5. The number of amides is 2. The first kappa shape index (κ1) is 23.6. The number of thioether (sulfide) groups is 1. The second-order valence-corrected chi connectivity index (χ2v) is 9.57. The highest BCUT2D eigenvalue weighted by Gasteiger charge is 2.41. The van der Waals surface area contributed by atoms with E-state index in [1.165, 1.54) is 16.7 Å². The molecule has 1 heterocycles. The molecule has 2 amide bonds. The molecule has 1 saturated heterocycles. The Labute approximate surface area is 208 Å². The molecule has 5 nitrogen and oxygen atoms in total. The van der Waals surface area contributed by atoms with E-state index < -0.39 is 11.2 Å². The van der Waals surface area contributed by atoms with Crippen LogP contribution in [0.5, 0.6) is 0 Å². The van der Waals surface area contributed by atoms with Gasteiger partial charge in [-0.3, -0.25) is 14.5 Å². The molecule has 7 heteroatoms. The summed E-state index contributed by atoms with van der Waals surface area (Å²) in [6.45, 7) is 3.85. The van der Waals surface area contributed by atoms with E-state index >= 15 is 0 Å². The number of carbonyl (C=O) groups excluding carboxylic acids is 2. The lowest BCUT2D eigenvalue weighted by Crippen LogP contribution is -2.31. The summed E-state index contributed by atoms with van der Waals surface area (Å²) < 4.78 is 0. The molecule has 0 bridgehead atoms. The van der Waals surface area contributed by atoms with Crippen molar-refractivity contribution in [1.29, 1.82) is 5.26 Å². The fourth-order valence-electron chi connectivity index (χ4n) is 3.71. The number of halogens is 1. The normalized spacial score (nSPS) is 16.8. The molecular formula is C27H22ClN3O2S. The number of carbonyl (C=O) groups is 2. The number of aryl methyl sites for hydroxylation is 2. The Hall–Kier alpha value is -3.53. The summed E-state index contributed by atoms with van der Waals surface area (Å²) in [4.78, 5) is 28.2. The van der Waals surface area contributed by atoms with Crippen LogP contribution in [0.1, 0.15) is 16.7 Å². The summed E-state index contributed by atoms with van der Waals surface area (Å²) in [5.74, 6) is -0.747. The van der Waals surface area contributed by atoms with Gasteiger partial charge in [0.2, 0.25) is 5.91 Å². The maximum absolute atomic E-state index is 13.6. The van der Waals surface area contributed by atoms with E-state index in [2.05, 4.69) is 5.32 Å². The maximum Gasteiger partial charge on any atom is 0.269 e. The van der Waals surface area contributed by atoms with E-state index in [1.807, 2.05) is 74.5 Å². The fourth-order valence-corrected chi connectivity index (χ4v) is 5.22. The van der Waals surface area contributed by atoms with Crippen molar-refractivity contribution in [1.82, 2.24) is 0 Å². The Kier molecular flexibility index (Phi) is 7.06. The Morgan fingerprint density at radius 3 is 2.41 bits per heavy atom. The number of hydrogen-bond acceptors (Lipinski definition) is 4. The van der Waals surface area contributed by atoms with Crippen LogP contribution in [-0.4, -0.2) is 17.1 Å². The lowest BCUT2D eigenvalue weighted by atomic mass is 10.1. The second-order valence-electron chi connectivity index (χ2n) is 7.97. The minimum atomic E-state index is -0.557. The van der Waals surface area contributed by atoms with E-state index in [0.717, 1.165) is 16.7 Å². The van der Waals surface area contributed by atoms with Gasteiger partial charge in [-0.05, 0) is 55.7 Å². The van der Waals surface area contributed by atoms with Crippen molar-refractivity contribution >= 4 is 46.6 Å². The Bertz CT molecular complexity index is 1330. The van der Waals surface area contributed by atoms with Crippen molar-refractivity contribution in [3.05, 3.63) is 105 Å². The molecule has 1 aliphatic rings. The Balaban J connectivity index is 1.75. The molecule has 0 radical (unpaired) electrons. The third-order valence-corrected chi connectivity index (χ3v) is 7.17. The highest BCUT2D eigenvalue weighted by Crippen LogP contribution is 2.43. The number of rotatable bonds is 5. The quantitative estimate of drug-likeness (QED) is 0.352. The molecule has 0 aromatic heterocycles. The summed E-state index contributed by atoms with van der Waals surface area (Å²) in [5, 5.41) is 13.1. The van der Waals surface area contributed by atoms with Crippen LogP contribution in [0.25, 0.3) is 0 Å². The van der Waals surface area contributed by atoms with Crippen LogP contribution >= 0.6 is 23.4 Å². The summed E-state index contributed by atoms with van der Waals surface area (Å²) in [6, 6.07) is 24.1. The Morgan fingerprint density at radius 2 is 1.74 bits per heavy atom. The summed E-state index contributed by atoms with van der Waals surface area (Å²) >= 11 is 7.57. The number of nitrogens with zero attached hydrogens (tertiary/aromatic N) is 2. The molecule has 1 atom stereocenters. The highest BCUT2D eigenvalue weighted by molar-refractivity contribution is 8.05. The molecule has 4 rings (SSSR count). The van der Waals surface area contributed by atoms with Crippen molar-refractivity contribution in [2.24, 2.45) is 0 Å². The minimum Gasteiger partial charge on any atom is -0.321 e. The zero-order valence-corrected chi connectivity index (χ0v) is 20.3. The zero-order chi connectivity index (χ0) is 24.2. The average Bonchev–Trinajstić information content (AvgIpc) is 3.13. The summed E-state index contributed by atoms with van der Waals surface area (Å²) in [7, 11) is 0. The van der Waals surface area contributed by atoms with Gasteiger partial charge in [0.25, 0.3) is 5.91 Å². The number of para-hydroxylation sites is 1. The number of anilines is 2. The topological polar surface area (TPSA) is 73.2 Å². The third-order valence-electron chi connectivity index (χ3n) is 5.53. The van der Waals surface area contributed by atoms with E-state index in [0.29, 0.717) is 27.8 Å². The fraction of sp³-hybridized carbons (Fsp3) is 0.148. The van der Waals surface area contributed by atoms with Crippen LogP contribution < -0.4 is 10.2 Å². The number of hydrogen-bond donors (Lipinski definition) is 1. The molecule has 3 aromatic carbocycles. The molecular weight excluding hydrogens is 466 g/mol. The monoisotopic (exact) mass is 487 g/mol. The van der Waals surface area contributed by atoms with Crippen molar-refractivity contribution in [2.75, 3.05) is 10.2 Å². The molecule has 34 heavy (non-hydrogen) atoms. The SMILES string of the molecule is Cc1ccc(NC(=O)/C(C#N)=C2\S[C@@H](Cc3ccccc3Cl)C(=O)N2c2ccccc2C)cc1. The molecule has 1 fully saturated rings. The van der Waals surface area contributed by atoms with Gasteiger partial charge >= 0.3 is 0 Å². The Morgan fingerprint density at radius 1 is 1.06 bits per heavy atom. The van der Waals surface area contributed by atoms with Crippen molar-refractivity contribution < 1.29 is 9.59 Å². The van der Waals surface area contributed by atoms with Crippen LogP contribution in [0.15, 0.2) is 83.4 Å². The number of benzene rings is 3. The van der Waals surface area contributed by atoms with Gasteiger partial charge in [0.15, 0.2) is 0 Å². The van der Waals surface area contributed by atoms with Gasteiger partial charge in [-0.25, -0.2) is 0 Å². The van der Waals surface area contributed by atoms with Crippen molar-refractivity contribution in [3.63, 3.8) is 0 Å². The van der Waals surface area contributed by atoms with Crippen molar-refractivity contribution in [3.8, 4) is 6.07 Å². The standard InChI is InChI=1S/C27H22ClN3O2S/c1-17-11-13-20(14-12-17)30-25(32)21(16-29)27-31(23-10-6-3-7-18(23)2)26(33)24(34-27)15-19-8-4-5-9-22(19)28/h3-14,24H,15H2,1-2H3,(H,30,32)/b27-21-/t24-/m0/s1. The van der Waals surface area contributed by atoms with Crippen LogP contribution in [0.2, 0.25) is 5.02 Å². The second kappa shape index (κ2) is 10.2. The molecule has 1 N–H and O–H groups in total. The van der Waals surface area contributed by atoms with Crippen LogP contribution in [0.3, 0.4) is 0 Å². The predicted octanol–water partition coefficient (Wildman–Crippen LogP) is 6.02. The first-order valence-electron chi connectivity index (χ1n) is 10.7. The van der Waals surface area contributed by atoms with E-state index in [-0.39, 0.29) is 11.5 Å². The molecule has 0 unspecified atom stereocenters. The summed E-state index contributed by atoms with van der Waals surface area (Å²) in [6.07, 6.45) is 0.382. The lowest BCUT2D eigenvalue weighted by molar-refractivity contribution is -0.117. The maximum atomic E-state index is 13.6. The van der Waals surface area contributed by atoms with Crippen LogP contribution in [0, 0.1) is 25.2 Å². The number of nitrogens with one attached hydrogen (secondary N) is 1. The lowest BCUT2D eigenvalue weighted by Gasteiger charge is -2.20. The molecule has 3 aromatic rings. The smallest absolute Gasteiger partial charge is 0.269 e. The first-order valence-corrected chi connectivity index (χ1v) is 12.0. The van der Waals surface area contributed by atoms with Gasteiger partial charge in [-0.15, -0.1) is 0 Å². The zero-order valence-electron chi connectivity index (χ0n) is 18.7. The molecule has 0 saturated carbocycles. The van der Waals surface area contributed by atoms with Crippen molar-refractivity contribution in [2.45, 2.75) is 25.5 Å². The van der Waals surface area contributed by atoms with Gasteiger partial charge in [0, 0.05) is 10.7 Å². The van der Waals surface area contributed by atoms with Gasteiger partial charge in [-0.1, -0.05) is 77.5 Å². The summed E-state index contributed by atoms with van der Waals surface area (Å²) in [5.41, 5.74) is 3.87. The molecule has 0 aliphatic carbocycles. The average molecular weight is 488 g/mol. The number of nitriles is 1. The van der Waals surface area contributed by atoms with E-state index in [9.17, 15) is 14.9 Å². The van der Waals surface area contributed by atoms with Gasteiger partial charge in [0.05, 0.1) is 10.9 Å². The van der Waals surface area contributed by atoms with Gasteiger partial charge < -0.3 is 5.32 Å². The van der Waals surface area contributed by atoms with Crippen LogP contribution in [-0.2, 0) is 16.0 Å². The minimum absolute atomic E-state index is 0.108. The predicted molar refractivity (Wildman–Crippen MR) is 138 cm³/mol. The van der Waals surface area contributed by atoms with E-state index in [1.54, 1.807) is 18.2 Å². The van der Waals surface area contributed by atoms with Crippen LogP contribution in [0.4, 0.5) is 11.4 Å². The molecule has 0 spiro atoms. The third kappa shape index (κ3) is 4.86.